The van der Waals surface area contributed by atoms with Gasteiger partial charge in [-0.05, 0) is 36.6 Å². The van der Waals surface area contributed by atoms with E-state index >= 15 is 0 Å². The van der Waals surface area contributed by atoms with Gasteiger partial charge in [-0.15, -0.1) is 0 Å². The van der Waals surface area contributed by atoms with Crippen LogP contribution in [0.25, 0.3) is 0 Å². The number of rotatable bonds is 1. The third kappa shape index (κ3) is 1.90. The summed E-state index contributed by atoms with van der Waals surface area (Å²) in [6, 6.07) is 5.97. The SMILES string of the molecule is OC1(c2cc(Br)ccc2Br)CCCC1. The summed E-state index contributed by atoms with van der Waals surface area (Å²) in [7, 11) is 0. The molecule has 1 saturated carbocycles. The van der Waals surface area contributed by atoms with E-state index in [-0.39, 0.29) is 0 Å². The van der Waals surface area contributed by atoms with Gasteiger partial charge in [0, 0.05) is 8.95 Å². The number of aliphatic hydroxyl groups is 1. The fraction of sp³-hybridized carbons (Fsp3) is 0.455. The predicted octanol–water partition coefficient (Wildman–Crippen LogP) is 3.97. The number of benzene rings is 1. The van der Waals surface area contributed by atoms with Crippen LogP contribution in [-0.2, 0) is 5.60 Å². The van der Waals surface area contributed by atoms with E-state index in [9.17, 15) is 5.11 Å². The molecule has 14 heavy (non-hydrogen) atoms. The van der Waals surface area contributed by atoms with Crippen LogP contribution in [0.5, 0.6) is 0 Å². The van der Waals surface area contributed by atoms with Crippen LogP contribution >= 0.6 is 31.9 Å². The van der Waals surface area contributed by atoms with Gasteiger partial charge in [-0.2, -0.15) is 0 Å². The quantitative estimate of drug-likeness (QED) is 0.830. The topological polar surface area (TPSA) is 20.2 Å². The molecule has 1 N–H and O–H groups in total. The second-order valence-electron chi connectivity index (χ2n) is 3.86. The van der Waals surface area contributed by atoms with Crippen molar-refractivity contribution in [3.05, 3.63) is 32.7 Å². The number of hydrogen-bond acceptors (Lipinski definition) is 1. The predicted molar refractivity (Wildman–Crippen MR) is 64.2 cm³/mol. The molecule has 1 fully saturated rings. The minimum atomic E-state index is -0.609. The Kier molecular flexibility index (Phi) is 3.01. The Bertz CT molecular complexity index is 343. The lowest BCUT2D eigenvalue weighted by Gasteiger charge is -2.24. The van der Waals surface area contributed by atoms with E-state index in [2.05, 4.69) is 31.9 Å². The smallest absolute Gasteiger partial charge is 0.0907 e. The van der Waals surface area contributed by atoms with Crippen molar-refractivity contribution in [1.29, 1.82) is 0 Å². The summed E-state index contributed by atoms with van der Waals surface area (Å²) in [5, 5.41) is 10.4. The van der Waals surface area contributed by atoms with Crippen molar-refractivity contribution in [3.63, 3.8) is 0 Å². The van der Waals surface area contributed by atoms with Crippen LogP contribution < -0.4 is 0 Å². The van der Waals surface area contributed by atoms with E-state index in [1.165, 1.54) is 0 Å². The molecule has 0 unspecified atom stereocenters. The molecule has 0 aromatic heterocycles. The molecule has 0 spiro atoms. The van der Waals surface area contributed by atoms with Crippen molar-refractivity contribution in [1.82, 2.24) is 0 Å². The average Bonchev–Trinajstić information content (AvgIpc) is 2.58. The average molecular weight is 320 g/mol. The molecule has 0 radical (unpaired) electrons. The lowest BCUT2D eigenvalue weighted by atomic mass is 9.92. The van der Waals surface area contributed by atoms with Gasteiger partial charge in [-0.25, -0.2) is 0 Å². The van der Waals surface area contributed by atoms with Gasteiger partial charge in [0.2, 0.25) is 0 Å². The molecule has 0 aliphatic heterocycles. The van der Waals surface area contributed by atoms with Gasteiger partial charge < -0.3 is 5.11 Å². The number of halogens is 2. The Balaban J connectivity index is 2.44. The Morgan fingerprint density at radius 1 is 1.14 bits per heavy atom. The monoisotopic (exact) mass is 318 g/mol. The zero-order valence-corrected chi connectivity index (χ0v) is 10.9. The Morgan fingerprint density at radius 2 is 1.79 bits per heavy atom. The molecule has 76 valence electrons. The molecule has 2 rings (SSSR count). The van der Waals surface area contributed by atoms with Gasteiger partial charge >= 0.3 is 0 Å². The molecule has 3 heteroatoms. The molecule has 0 amide bonds. The second kappa shape index (κ2) is 3.95. The zero-order valence-electron chi connectivity index (χ0n) is 7.76. The van der Waals surface area contributed by atoms with Crippen LogP contribution in [-0.4, -0.2) is 5.11 Å². The van der Waals surface area contributed by atoms with Gasteiger partial charge in [-0.3, -0.25) is 0 Å². The molecule has 0 bridgehead atoms. The van der Waals surface area contributed by atoms with E-state index < -0.39 is 5.60 Å². The van der Waals surface area contributed by atoms with E-state index in [0.29, 0.717) is 0 Å². The number of hydrogen-bond donors (Lipinski definition) is 1. The first-order chi connectivity index (χ1) is 6.62. The van der Waals surface area contributed by atoms with E-state index in [4.69, 9.17) is 0 Å². The molecule has 1 aliphatic rings. The highest BCUT2D eigenvalue weighted by Gasteiger charge is 2.34. The van der Waals surface area contributed by atoms with Crippen LogP contribution in [0.3, 0.4) is 0 Å². The van der Waals surface area contributed by atoms with Crippen LogP contribution in [0.15, 0.2) is 27.1 Å². The lowest BCUT2D eigenvalue weighted by molar-refractivity contribution is 0.0437. The Hall–Kier alpha value is 0.140. The third-order valence-corrected chi connectivity index (χ3v) is 4.05. The van der Waals surface area contributed by atoms with E-state index in [0.717, 1.165) is 40.2 Å². The lowest BCUT2D eigenvalue weighted by Crippen LogP contribution is -2.21. The Morgan fingerprint density at radius 3 is 2.43 bits per heavy atom. The highest BCUT2D eigenvalue weighted by atomic mass is 79.9. The molecule has 0 atom stereocenters. The maximum Gasteiger partial charge on any atom is 0.0907 e. The minimum Gasteiger partial charge on any atom is -0.385 e. The zero-order chi connectivity index (χ0) is 10.2. The molecule has 1 aromatic carbocycles. The molecule has 1 nitrogen and oxygen atoms in total. The van der Waals surface area contributed by atoms with Gasteiger partial charge in [0.1, 0.15) is 0 Å². The summed E-state index contributed by atoms with van der Waals surface area (Å²) in [4.78, 5) is 0. The van der Waals surface area contributed by atoms with Crippen molar-refractivity contribution in [2.24, 2.45) is 0 Å². The highest BCUT2D eigenvalue weighted by molar-refractivity contribution is 9.11. The third-order valence-electron chi connectivity index (χ3n) is 2.86. The van der Waals surface area contributed by atoms with Crippen LogP contribution in [0.1, 0.15) is 31.2 Å². The minimum absolute atomic E-state index is 0.609. The molecule has 1 aromatic rings. The van der Waals surface area contributed by atoms with Crippen LogP contribution in [0.4, 0.5) is 0 Å². The first-order valence-corrected chi connectivity index (χ1v) is 6.38. The standard InChI is InChI=1S/C11H12Br2O/c12-8-3-4-10(13)9(7-8)11(14)5-1-2-6-11/h3-4,7,14H,1-2,5-6H2. The molecule has 0 saturated heterocycles. The van der Waals surface area contributed by atoms with Gasteiger partial charge in [-0.1, -0.05) is 44.7 Å². The maximum atomic E-state index is 10.4. The van der Waals surface area contributed by atoms with E-state index in [1.807, 2.05) is 18.2 Å². The molecular weight excluding hydrogens is 308 g/mol. The van der Waals surface area contributed by atoms with Gasteiger partial charge in [0.05, 0.1) is 5.60 Å². The molecular formula is C11H12Br2O. The molecule has 0 heterocycles. The maximum absolute atomic E-state index is 10.4. The van der Waals surface area contributed by atoms with Crippen molar-refractivity contribution in [2.45, 2.75) is 31.3 Å². The van der Waals surface area contributed by atoms with Gasteiger partial charge in [0.25, 0.3) is 0 Å². The molecule has 1 aliphatic carbocycles. The van der Waals surface area contributed by atoms with Crippen LogP contribution in [0, 0.1) is 0 Å². The second-order valence-corrected chi connectivity index (χ2v) is 5.63. The van der Waals surface area contributed by atoms with Gasteiger partial charge in [0.15, 0.2) is 0 Å². The normalized spacial score (nSPS) is 19.9. The summed E-state index contributed by atoms with van der Waals surface area (Å²) in [6.07, 6.45) is 4.00. The van der Waals surface area contributed by atoms with E-state index in [1.54, 1.807) is 0 Å². The summed E-state index contributed by atoms with van der Waals surface area (Å²) in [5.41, 5.74) is 0.409. The highest BCUT2D eigenvalue weighted by Crippen LogP contribution is 2.42. The summed E-state index contributed by atoms with van der Waals surface area (Å²) in [6.45, 7) is 0. The first kappa shape index (κ1) is 10.7. The fourth-order valence-electron chi connectivity index (χ4n) is 2.08. The van der Waals surface area contributed by atoms with Crippen molar-refractivity contribution in [3.8, 4) is 0 Å². The van der Waals surface area contributed by atoms with Crippen molar-refractivity contribution >= 4 is 31.9 Å². The summed E-state index contributed by atoms with van der Waals surface area (Å²) >= 11 is 6.93. The van der Waals surface area contributed by atoms with Crippen molar-refractivity contribution < 1.29 is 5.11 Å². The summed E-state index contributed by atoms with van der Waals surface area (Å²) in [5.74, 6) is 0. The summed E-state index contributed by atoms with van der Waals surface area (Å²) < 4.78 is 2.03. The largest absolute Gasteiger partial charge is 0.385 e. The first-order valence-electron chi connectivity index (χ1n) is 4.80. The van der Waals surface area contributed by atoms with Crippen molar-refractivity contribution in [2.75, 3.05) is 0 Å². The Labute approximate surface area is 101 Å². The van der Waals surface area contributed by atoms with Crippen LogP contribution in [0.2, 0.25) is 0 Å². The fourth-order valence-corrected chi connectivity index (χ4v) is 3.06.